The molecule has 1 heterocycles. The third kappa shape index (κ3) is 2.95. The molecule has 1 atom stereocenters. The summed E-state index contributed by atoms with van der Waals surface area (Å²) in [5.41, 5.74) is 0.323. The van der Waals surface area contributed by atoms with Gasteiger partial charge in [-0.15, -0.1) is 0 Å². The average molecular weight is 248 g/mol. The minimum Gasteiger partial charge on any atom is -0.459 e. The molecule has 0 spiro atoms. The molecule has 0 radical (unpaired) electrons. The van der Waals surface area contributed by atoms with Crippen molar-refractivity contribution >= 4 is 11.9 Å². The molecule has 0 aromatic heterocycles. The lowest BCUT2D eigenvalue weighted by Gasteiger charge is -2.07. The first-order chi connectivity index (χ1) is 8.72. The SMILES string of the molecule is C=COC(=O)c1ccccc1C(=O)OCC1CO1. The highest BCUT2D eigenvalue weighted by Gasteiger charge is 2.26. The molecule has 1 fully saturated rings. The Kier molecular flexibility index (Phi) is 3.74. The fraction of sp³-hybridized carbons (Fsp3) is 0.231. The van der Waals surface area contributed by atoms with E-state index in [1.54, 1.807) is 12.1 Å². The van der Waals surface area contributed by atoms with E-state index >= 15 is 0 Å². The first kappa shape index (κ1) is 12.3. The number of carbonyl (C=O) groups is 2. The molecule has 0 N–H and O–H groups in total. The minimum atomic E-state index is -0.639. The third-order valence-electron chi connectivity index (χ3n) is 2.36. The second-order valence-corrected chi connectivity index (χ2v) is 3.67. The lowest BCUT2D eigenvalue weighted by molar-refractivity contribution is 0.0466. The number of hydrogen-bond donors (Lipinski definition) is 0. The Bertz CT molecular complexity index is 476. The topological polar surface area (TPSA) is 65.1 Å². The number of rotatable bonds is 5. The van der Waals surface area contributed by atoms with Crippen LogP contribution in [0, 0.1) is 0 Å². The molecule has 18 heavy (non-hydrogen) atoms. The van der Waals surface area contributed by atoms with Crippen LogP contribution in [0.5, 0.6) is 0 Å². The van der Waals surface area contributed by atoms with Gasteiger partial charge >= 0.3 is 11.9 Å². The summed E-state index contributed by atoms with van der Waals surface area (Å²) >= 11 is 0. The van der Waals surface area contributed by atoms with Gasteiger partial charge in [-0.3, -0.25) is 0 Å². The van der Waals surface area contributed by atoms with Crippen molar-refractivity contribution in [1.82, 2.24) is 0 Å². The Morgan fingerprint density at radius 2 is 1.94 bits per heavy atom. The summed E-state index contributed by atoms with van der Waals surface area (Å²) in [6.45, 7) is 4.10. The fourth-order valence-corrected chi connectivity index (χ4v) is 1.39. The highest BCUT2D eigenvalue weighted by atomic mass is 16.6. The predicted octanol–water partition coefficient (Wildman–Crippen LogP) is 1.54. The fourth-order valence-electron chi connectivity index (χ4n) is 1.39. The second-order valence-electron chi connectivity index (χ2n) is 3.67. The summed E-state index contributed by atoms with van der Waals surface area (Å²) in [7, 11) is 0. The number of epoxide rings is 1. The maximum absolute atomic E-state index is 11.8. The van der Waals surface area contributed by atoms with Gasteiger partial charge in [0.25, 0.3) is 0 Å². The minimum absolute atomic E-state index is 0.0127. The van der Waals surface area contributed by atoms with Gasteiger partial charge in [-0.05, 0) is 12.1 Å². The van der Waals surface area contributed by atoms with Crippen LogP contribution in [-0.4, -0.2) is 31.3 Å². The number of hydrogen-bond acceptors (Lipinski definition) is 5. The maximum Gasteiger partial charge on any atom is 0.343 e. The highest BCUT2D eigenvalue weighted by Crippen LogP contribution is 2.14. The van der Waals surface area contributed by atoms with Gasteiger partial charge in [-0.25, -0.2) is 9.59 Å². The molecule has 0 aliphatic carbocycles. The molecule has 0 bridgehead atoms. The van der Waals surface area contributed by atoms with Crippen molar-refractivity contribution in [1.29, 1.82) is 0 Å². The largest absolute Gasteiger partial charge is 0.459 e. The van der Waals surface area contributed by atoms with Gasteiger partial charge in [0.1, 0.15) is 12.7 Å². The molecule has 1 aromatic rings. The number of benzene rings is 1. The van der Waals surface area contributed by atoms with Crippen molar-refractivity contribution in [3.63, 3.8) is 0 Å². The molecule has 1 unspecified atom stereocenters. The standard InChI is InChI=1S/C13H12O5/c1-2-16-12(14)10-5-3-4-6-11(10)13(15)18-8-9-7-17-9/h2-6,9H,1,7-8H2. The Hall–Kier alpha value is -2.14. The van der Waals surface area contributed by atoms with Crippen LogP contribution in [0.2, 0.25) is 0 Å². The highest BCUT2D eigenvalue weighted by molar-refractivity contribution is 6.03. The molecule has 1 aromatic carbocycles. The van der Waals surface area contributed by atoms with E-state index in [0.29, 0.717) is 6.61 Å². The van der Waals surface area contributed by atoms with E-state index in [0.717, 1.165) is 6.26 Å². The smallest absolute Gasteiger partial charge is 0.343 e. The van der Waals surface area contributed by atoms with Gasteiger partial charge < -0.3 is 14.2 Å². The number of carbonyl (C=O) groups excluding carboxylic acids is 2. The van der Waals surface area contributed by atoms with E-state index in [2.05, 4.69) is 11.3 Å². The second kappa shape index (κ2) is 5.46. The van der Waals surface area contributed by atoms with Gasteiger partial charge in [0.05, 0.1) is 24.0 Å². The van der Waals surface area contributed by atoms with Crippen LogP contribution >= 0.6 is 0 Å². The van der Waals surface area contributed by atoms with Gasteiger partial charge in [-0.1, -0.05) is 18.7 Å². The Morgan fingerprint density at radius 1 is 1.33 bits per heavy atom. The Morgan fingerprint density at radius 3 is 2.50 bits per heavy atom. The van der Waals surface area contributed by atoms with Crippen LogP contribution in [0.25, 0.3) is 0 Å². The molecule has 1 saturated heterocycles. The molecule has 94 valence electrons. The molecule has 1 aliphatic rings. The first-order valence-corrected chi connectivity index (χ1v) is 5.42. The van der Waals surface area contributed by atoms with Crippen molar-refractivity contribution in [3.05, 3.63) is 48.2 Å². The van der Waals surface area contributed by atoms with Gasteiger partial charge in [0.2, 0.25) is 0 Å². The van der Waals surface area contributed by atoms with Crippen LogP contribution in [0.1, 0.15) is 20.7 Å². The molecule has 2 rings (SSSR count). The number of ether oxygens (including phenoxy) is 3. The summed E-state index contributed by atoms with van der Waals surface area (Å²) < 4.78 is 14.6. The summed E-state index contributed by atoms with van der Waals surface area (Å²) in [5.74, 6) is -1.21. The first-order valence-electron chi connectivity index (χ1n) is 5.42. The van der Waals surface area contributed by atoms with E-state index in [4.69, 9.17) is 9.47 Å². The summed E-state index contributed by atoms with van der Waals surface area (Å²) in [6.07, 6.45) is 1.00. The average Bonchev–Trinajstić information content (AvgIpc) is 3.20. The lowest BCUT2D eigenvalue weighted by Crippen LogP contribution is -2.14. The van der Waals surface area contributed by atoms with E-state index in [1.807, 2.05) is 0 Å². The van der Waals surface area contributed by atoms with Crippen LogP contribution in [0.3, 0.4) is 0 Å². The zero-order valence-electron chi connectivity index (χ0n) is 9.63. The van der Waals surface area contributed by atoms with Crippen LogP contribution in [0.4, 0.5) is 0 Å². The Labute approximate surface area is 104 Å². The summed E-state index contributed by atoms with van der Waals surface area (Å²) in [6, 6.07) is 6.29. The van der Waals surface area contributed by atoms with Crippen molar-refractivity contribution in [2.45, 2.75) is 6.10 Å². The van der Waals surface area contributed by atoms with E-state index in [9.17, 15) is 9.59 Å². The summed E-state index contributed by atoms with van der Waals surface area (Å²) in [4.78, 5) is 23.4. The molecule has 0 amide bonds. The van der Waals surface area contributed by atoms with E-state index in [-0.39, 0.29) is 23.8 Å². The number of esters is 2. The van der Waals surface area contributed by atoms with Crippen LogP contribution in [-0.2, 0) is 14.2 Å². The maximum atomic E-state index is 11.8. The van der Waals surface area contributed by atoms with Gasteiger partial charge in [-0.2, -0.15) is 0 Å². The molecule has 0 saturated carbocycles. The molecule has 5 nitrogen and oxygen atoms in total. The van der Waals surface area contributed by atoms with Crippen molar-refractivity contribution in [2.24, 2.45) is 0 Å². The monoisotopic (exact) mass is 248 g/mol. The van der Waals surface area contributed by atoms with Crippen molar-refractivity contribution in [3.8, 4) is 0 Å². The van der Waals surface area contributed by atoms with Gasteiger partial charge in [0, 0.05) is 0 Å². The lowest BCUT2D eigenvalue weighted by atomic mass is 10.1. The zero-order chi connectivity index (χ0) is 13.0. The molecular weight excluding hydrogens is 236 g/mol. The molecular formula is C13H12O5. The van der Waals surface area contributed by atoms with Crippen LogP contribution in [0.15, 0.2) is 37.1 Å². The quantitative estimate of drug-likeness (QED) is 0.449. The molecule has 1 aliphatic heterocycles. The zero-order valence-corrected chi connectivity index (χ0v) is 9.63. The predicted molar refractivity (Wildman–Crippen MR) is 62.1 cm³/mol. The summed E-state index contributed by atoms with van der Waals surface area (Å²) in [5, 5.41) is 0. The van der Waals surface area contributed by atoms with Crippen molar-refractivity contribution in [2.75, 3.05) is 13.2 Å². The Balaban J connectivity index is 2.12. The van der Waals surface area contributed by atoms with E-state index < -0.39 is 11.9 Å². The van der Waals surface area contributed by atoms with Gasteiger partial charge in [0.15, 0.2) is 0 Å². The van der Waals surface area contributed by atoms with Crippen molar-refractivity contribution < 1.29 is 23.8 Å². The molecule has 5 heteroatoms. The van der Waals surface area contributed by atoms with E-state index in [1.165, 1.54) is 12.1 Å². The normalized spacial score (nSPS) is 16.8. The third-order valence-corrected chi connectivity index (χ3v) is 2.36. The van der Waals surface area contributed by atoms with Crippen LogP contribution < -0.4 is 0 Å².